The fourth-order valence-electron chi connectivity index (χ4n) is 10.7. The third kappa shape index (κ3) is 38.4. The third-order valence-corrected chi connectivity index (χ3v) is 19.4. The third-order valence-electron chi connectivity index (χ3n) is 16.7. The average Bonchev–Trinajstić information content (AvgIpc) is 0.991. The molecule has 0 bridgehead atoms. The first-order chi connectivity index (χ1) is 53.3. The number of aryl methyl sites for hydroxylation is 6. The molecule has 3 aromatic carbocycles. The lowest BCUT2D eigenvalue weighted by Gasteiger charge is -2.35. The Hall–Kier alpha value is -6.95. The predicted octanol–water partition coefficient (Wildman–Crippen LogP) is 10.2. The number of aliphatic carboxylic acids is 1. The average molecular weight is 1850 g/mol. The summed E-state index contributed by atoms with van der Waals surface area (Å²) in [6, 6.07) is 22.3. The lowest BCUT2D eigenvalue weighted by Crippen LogP contribution is -2.47. The number of carbonyl (C=O) groups is 3. The number of anilines is 9. The number of carboxylic acids is 1. The number of nitrogens with zero attached hydrogens (tertiary/aromatic N) is 16. The smallest absolute Gasteiger partial charge is 0.318 e. The number of rotatable bonds is 23. The lowest BCUT2D eigenvalue weighted by atomic mass is 10.0. The number of hydrogen-bond donors (Lipinski definition) is 11. The minimum atomic E-state index is -0.980. The van der Waals surface area contributed by atoms with Gasteiger partial charge in [0.2, 0.25) is 5.91 Å². The van der Waals surface area contributed by atoms with Crippen LogP contribution in [0.2, 0.25) is 15.1 Å². The molecule has 39 heteroatoms. The summed E-state index contributed by atoms with van der Waals surface area (Å²) in [6.07, 6.45) is 4.69. The second-order valence-electron chi connectivity index (χ2n) is 25.9. The molecule has 3 aliphatic rings. The molecule has 0 atom stereocenters. The molecule has 10 rings (SSSR count). The second-order valence-corrected chi connectivity index (χ2v) is 29.5. The van der Waals surface area contributed by atoms with Gasteiger partial charge in [-0.05, 0) is 133 Å². The minimum absolute atomic E-state index is 0. The summed E-state index contributed by atoms with van der Waals surface area (Å²) >= 11 is 39.3. The number of thiazole rings is 1. The quantitative estimate of drug-likeness (QED) is 0.00539. The van der Waals surface area contributed by atoms with Crippen molar-refractivity contribution in [2.45, 2.75) is 74.8 Å². The van der Waals surface area contributed by atoms with Gasteiger partial charge >= 0.3 is 5.97 Å². The summed E-state index contributed by atoms with van der Waals surface area (Å²) in [5.41, 5.74) is 16.2. The number of amides is 1. The number of alkyl halides is 2. The van der Waals surface area contributed by atoms with E-state index in [1.54, 1.807) is 29.6 Å². The van der Waals surface area contributed by atoms with Crippen LogP contribution >= 0.6 is 118 Å². The van der Waals surface area contributed by atoms with Crippen LogP contribution in [0.3, 0.4) is 0 Å². The van der Waals surface area contributed by atoms with Gasteiger partial charge in [-0.1, -0.05) is 96.9 Å². The molecule has 0 aliphatic carbocycles. The molecular formula is C75H112Cl5IN22O8S3. The van der Waals surface area contributed by atoms with E-state index < -0.39 is 5.97 Å². The maximum absolute atomic E-state index is 12.8. The Balaban J connectivity index is 0.000000484. The van der Waals surface area contributed by atoms with E-state index in [0.717, 1.165) is 138 Å². The molecule has 13 N–H and O–H groups in total. The Bertz CT molecular complexity index is 4040. The Labute approximate surface area is 727 Å². The number of benzene rings is 3. The van der Waals surface area contributed by atoms with Crippen LogP contribution < -0.4 is 47.4 Å². The maximum Gasteiger partial charge on any atom is 0.318 e. The van der Waals surface area contributed by atoms with Crippen molar-refractivity contribution >= 4 is 203 Å². The molecule has 114 heavy (non-hydrogen) atoms. The molecule has 7 aromatic rings. The van der Waals surface area contributed by atoms with E-state index in [1.165, 1.54) is 17.8 Å². The number of ketones is 1. The van der Waals surface area contributed by atoms with Crippen LogP contribution in [-0.2, 0) is 16.0 Å². The van der Waals surface area contributed by atoms with Crippen LogP contribution in [-0.4, -0.2) is 290 Å². The summed E-state index contributed by atoms with van der Waals surface area (Å²) in [4.78, 5) is 86.2. The van der Waals surface area contributed by atoms with Gasteiger partial charge in [0.15, 0.2) is 21.1 Å². The van der Waals surface area contributed by atoms with E-state index in [4.69, 9.17) is 119 Å². The van der Waals surface area contributed by atoms with Gasteiger partial charge in [-0.2, -0.15) is 0 Å². The lowest BCUT2D eigenvalue weighted by molar-refractivity contribution is -0.134. The molecule has 0 radical (unpaired) electrons. The number of likely N-dealkylation sites (N-methyl/N-ethyl adjacent to an activating group) is 1. The zero-order chi connectivity index (χ0) is 83.0. The Morgan fingerprint density at radius 3 is 1.43 bits per heavy atom. The van der Waals surface area contributed by atoms with Crippen LogP contribution in [0.5, 0.6) is 0 Å². The Kier molecular flexibility index (Phi) is 50.3. The Morgan fingerprint density at radius 1 is 0.614 bits per heavy atom. The van der Waals surface area contributed by atoms with E-state index in [9.17, 15) is 14.4 Å². The SMILES string of the molecule is C.CCCN1CCN(c2cc(Nc3ncc(C(=O)Cc4c(C)cccc4Cl)s3)nc(C)n2)CC1.CN(C)C(CO)CO.Cc1cccc(Cl)c1N.Cc1cccc(Cl)c1NC(=O)CCl.Cc1nc(NC(=S)N=CN(C)C)cc(N2CCN(CCO)CC2)n1.Cc1nc(NC(N)=S)cc(N2CCN(CCO)CC2)n1.I.O=C(O)CCl. The van der Waals surface area contributed by atoms with Crippen molar-refractivity contribution in [1.29, 1.82) is 0 Å². The number of carboxylic acid groups (broad SMARTS) is 1. The number of β-amino-alcohol motifs (C(OH)–C–C–N with tert-alkyl or cyclic N) is 2. The number of hydrogen-bond acceptors (Lipinski definition) is 26. The van der Waals surface area contributed by atoms with Gasteiger partial charge in [0.25, 0.3) is 0 Å². The van der Waals surface area contributed by atoms with Gasteiger partial charge in [0.1, 0.15) is 64.1 Å². The number of aliphatic imine (C=N–C) groups is 1. The summed E-state index contributed by atoms with van der Waals surface area (Å²) in [6.45, 7) is 27.8. The highest BCUT2D eigenvalue weighted by Gasteiger charge is 2.23. The number of nitrogens with two attached hydrogens (primary N) is 2. The van der Waals surface area contributed by atoms with E-state index >= 15 is 0 Å². The summed E-state index contributed by atoms with van der Waals surface area (Å²) < 4.78 is 0. The van der Waals surface area contributed by atoms with Crippen molar-refractivity contribution in [1.82, 2.24) is 59.4 Å². The predicted molar refractivity (Wildman–Crippen MR) is 487 cm³/mol. The number of piperazine rings is 3. The highest BCUT2D eigenvalue weighted by atomic mass is 127. The molecule has 0 unspecified atom stereocenters. The van der Waals surface area contributed by atoms with Crippen LogP contribution in [0, 0.1) is 41.5 Å². The van der Waals surface area contributed by atoms with Gasteiger partial charge in [-0.25, -0.2) is 39.9 Å². The molecule has 0 saturated carbocycles. The zero-order valence-electron chi connectivity index (χ0n) is 65.7. The molecule has 3 aliphatic heterocycles. The number of aliphatic hydroxyl groups is 4. The molecule has 7 heterocycles. The molecule has 0 spiro atoms. The molecule has 30 nitrogen and oxygen atoms in total. The normalized spacial score (nSPS) is 13.3. The number of thiocarbonyl (C=S) groups is 2. The second kappa shape index (κ2) is 55.6. The van der Waals surface area contributed by atoms with E-state index in [0.29, 0.717) is 76.5 Å². The molecule has 1 amide bonds. The number of nitrogen functional groups attached to an aromatic ring is 1. The summed E-state index contributed by atoms with van der Waals surface area (Å²) in [7, 11) is 7.40. The molecule has 630 valence electrons. The van der Waals surface area contributed by atoms with Crippen LogP contribution in [0.15, 0.2) is 84.0 Å². The molecule has 4 aromatic heterocycles. The number of para-hydroxylation sites is 2. The summed E-state index contributed by atoms with van der Waals surface area (Å²) in [5, 5.41) is 57.3. The monoisotopic (exact) mass is 1850 g/mol. The Morgan fingerprint density at radius 2 is 1.04 bits per heavy atom. The van der Waals surface area contributed by atoms with Crippen LogP contribution in [0.25, 0.3) is 0 Å². The van der Waals surface area contributed by atoms with Crippen LogP contribution in [0.4, 0.5) is 51.4 Å². The number of Topliss-reactive ketones (excluding diaryl/α,β-unsaturated/α-hetero) is 1. The fraction of sp³-hybridized carbons (Fsp3) is 0.480. The first-order valence-electron chi connectivity index (χ1n) is 35.9. The van der Waals surface area contributed by atoms with Gasteiger partial charge in [-0.3, -0.25) is 29.1 Å². The first kappa shape index (κ1) is 103. The van der Waals surface area contributed by atoms with Crippen molar-refractivity contribution in [2.24, 2.45) is 10.7 Å². The van der Waals surface area contributed by atoms with Crippen LogP contribution in [0.1, 0.15) is 70.2 Å². The number of aromatic nitrogens is 7. The van der Waals surface area contributed by atoms with Crippen molar-refractivity contribution in [3.8, 4) is 0 Å². The van der Waals surface area contributed by atoms with Crippen molar-refractivity contribution in [3.63, 3.8) is 0 Å². The van der Waals surface area contributed by atoms with Crippen molar-refractivity contribution in [3.05, 3.63) is 139 Å². The molecular weight excluding hydrogens is 1740 g/mol. The summed E-state index contributed by atoms with van der Waals surface area (Å²) in [5.74, 6) is 5.10. The van der Waals surface area contributed by atoms with Crippen molar-refractivity contribution < 1.29 is 39.9 Å². The molecule has 3 fully saturated rings. The number of nitrogens with one attached hydrogen (secondary N) is 4. The first-order valence-corrected chi connectivity index (χ1v) is 39.7. The number of aliphatic hydroxyl groups excluding tert-OH is 4. The van der Waals surface area contributed by atoms with Gasteiger partial charge in [-0.15, -0.1) is 47.2 Å². The van der Waals surface area contributed by atoms with Gasteiger partial charge < -0.3 is 82.8 Å². The number of halogens is 6. The van der Waals surface area contributed by atoms with E-state index in [2.05, 4.69) is 97.5 Å². The maximum atomic E-state index is 12.8. The van der Waals surface area contributed by atoms with Gasteiger partial charge in [0.05, 0.1) is 71.3 Å². The van der Waals surface area contributed by atoms with Crippen molar-refractivity contribution in [2.75, 3.05) is 206 Å². The minimum Gasteiger partial charge on any atom is -0.480 e. The van der Waals surface area contributed by atoms with Gasteiger partial charge in [0, 0.05) is 135 Å². The standard InChI is InChI=1S/C24H29ClN6OS.C15H25N7OS.C12H20N6OS.C9H9Cl2NO.C7H8ClN.C5H13NO2.C2H3ClO2.CH4.HI/c1-4-8-30-9-11-31(12-10-30)23-14-22(27-17(3)28-23)29-24-26-15-21(33-24)20(32)13-18-16(2)6-5-7-19(18)25;1-12-17-13(19-15(24)16-11-20(2)3)10-14(18-12)22-6-4-21(5-7-22)8-9-23;1-9-14-10(16-12(13)20)8-11(15-9)18-4-2-17(3-5-18)6-7-19;1-6-3-2-4-7(11)9(6)12-8(13)5-10;1-5-3-2-4-6(8)7(5)9;1-6(2)5(3-7)4-8;3-1-2(4)5;;/h5-7,14-15H,4,8-13H2,1-3H3,(H,26,27,28,29);10-11,23H,4-9H2,1-3H3,(H,17,18,19,24);8,19H,2-7H2,1H3,(H3,13,14,15,16,20);2-4H,5H2,1H3,(H,12,13);2-4H,9H2,1H3;5,7-8H,3-4H2,1-2H3;1H2,(H,4,5);1H4;1H. The zero-order valence-corrected chi connectivity index (χ0v) is 74.3. The highest BCUT2D eigenvalue weighted by Crippen LogP contribution is 2.29. The fourth-order valence-corrected chi connectivity index (χ4v) is 12.5. The van der Waals surface area contributed by atoms with E-state index in [1.807, 2.05) is 135 Å². The largest absolute Gasteiger partial charge is 0.480 e. The van der Waals surface area contributed by atoms with E-state index in [-0.39, 0.29) is 98.9 Å². The number of carbonyl (C=O) groups excluding carboxylic acids is 2. The topological polar surface area (TPSA) is 381 Å². The molecule has 3 saturated heterocycles. The highest BCUT2D eigenvalue weighted by molar-refractivity contribution is 14.0.